The van der Waals surface area contributed by atoms with Crippen molar-refractivity contribution in [3.63, 3.8) is 0 Å². The van der Waals surface area contributed by atoms with Gasteiger partial charge in [0.1, 0.15) is 5.75 Å². The minimum Gasteiger partial charge on any atom is -0.370 e. The lowest BCUT2D eigenvalue weighted by Crippen LogP contribution is -2.31. The van der Waals surface area contributed by atoms with E-state index in [0.29, 0.717) is 10.7 Å². The number of nitrogens with one attached hydrogen (secondary N) is 1. The van der Waals surface area contributed by atoms with Gasteiger partial charge in [0.15, 0.2) is 9.84 Å². The average molecular weight is 407 g/mol. The van der Waals surface area contributed by atoms with Crippen molar-refractivity contribution < 1.29 is 13.2 Å². The fourth-order valence-electron chi connectivity index (χ4n) is 3.21. The molecule has 1 fully saturated rings. The molecule has 0 radical (unpaired) electrons. The van der Waals surface area contributed by atoms with Crippen molar-refractivity contribution in [3.05, 3.63) is 53.1 Å². The Kier molecular flexibility index (Phi) is 6.07. The van der Waals surface area contributed by atoms with Crippen LogP contribution in [0.3, 0.4) is 0 Å². The van der Waals surface area contributed by atoms with Gasteiger partial charge < -0.3 is 10.2 Å². The molecule has 0 unspecified atom stereocenters. The van der Waals surface area contributed by atoms with E-state index in [1.165, 1.54) is 18.6 Å². The molecular formula is C20H23ClN2O3S. The topological polar surface area (TPSA) is 66.5 Å². The maximum absolute atomic E-state index is 12.5. The van der Waals surface area contributed by atoms with Gasteiger partial charge in [0, 0.05) is 18.1 Å². The number of rotatable bonds is 5. The van der Waals surface area contributed by atoms with Gasteiger partial charge in [-0.3, -0.25) is 4.79 Å². The van der Waals surface area contributed by atoms with Crippen molar-refractivity contribution in [2.24, 2.45) is 0 Å². The second-order valence-corrected chi connectivity index (χ2v) is 9.26. The Morgan fingerprint density at radius 2 is 1.74 bits per heavy atom. The minimum absolute atomic E-state index is 0.144. The molecule has 0 bridgehead atoms. The van der Waals surface area contributed by atoms with Gasteiger partial charge in [-0.2, -0.15) is 0 Å². The molecule has 2 aromatic carbocycles. The molecule has 7 heteroatoms. The Morgan fingerprint density at radius 1 is 1.07 bits per heavy atom. The number of amides is 1. The molecule has 0 spiro atoms. The number of benzene rings is 2. The Balaban J connectivity index is 1.77. The number of nitrogens with zero attached hydrogens (tertiary/aromatic N) is 1. The van der Waals surface area contributed by atoms with E-state index in [1.807, 2.05) is 13.0 Å². The SMILES string of the molecule is Cc1ccc(S(=O)(=O)CC(=O)Nc2cc(Cl)ccc2N2CCCCC2)cc1. The molecule has 1 saturated heterocycles. The first-order valence-electron chi connectivity index (χ1n) is 8.99. The summed E-state index contributed by atoms with van der Waals surface area (Å²) < 4.78 is 25.0. The molecule has 1 amide bonds. The zero-order valence-electron chi connectivity index (χ0n) is 15.2. The Bertz CT molecular complexity index is 921. The largest absolute Gasteiger partial charge is 0.370 e. The zero-order valence-corrected chi connectivity index (χ0v) is 16.8. The third-order valence-corrected chi connectivity index (χ3v) is 6.50. The summed E-state index contributed by atoms with van der Waals surface area (Å²) in [6.45, 7) is 3.70. The molecule has 0 saturated carbocycles. The molecule has 1 heterocycles. The summed E-state index contributed by atoms with van der Waals surface area (Å²) in [5.41, 5.74) is 2.39. The third kappa shape index (κ3) is 5.02. The van der Waals surface area contributed by atoms with Crippen LogP contribution in [0.4, 0.5) is 11.4 Å². The quantitative estimate of drug-likeness (QED) is 0.813. The van der Waals surface area contributed by atoms with Gasteiger partial charge >= 0.3 is 0 Å². The molecule has 27 heavy (non-hydrogen) atoms. The van der Waals surface area contributed by atoms with Crippen molar-refractivity contribution in [1.29, 1.82) is 0 Å². The zero-order chi connectivity index (χ0) is 19.4. The van der Waals surface area contributed by atoms with Crippen LogP contribution in [0, 0.1) is 6.92 Å². The van der Waals surface area contributed by atoms with Gasteiger partial charge in [-0.05, 0) is 56.5 Å². The summed E-state index contributed by atoms with van der Waals surface area (Å²) in [7, 11) is -3.70. The molecule has 0 aromatic heterocycles. The van der Waals surface area contributed by atoms with Crippen LogP contribution >= 0.6 is 11.6 Å². The number of anilines is 2. The normalized spacial score (nSPS) is 14.8. The minimum atomic E-state index is -3.70. The molecule has 144 valence electrons. The molecule has 1 aliphatic rings. The lowest BCUT2D eigenvalue weighted by Gasteiger charge is -2.30. The predicted octanol–water partition coefficient (Wildman–Crippen LogP) is 4.05. The lowest BCUT2D eigenvalue weighted by molar-refractivity contribution is -0.113. The number of carbonyl (C=O) groups is 1. The predicted molar refractivity (Wildman–Crippen MR) is 109 cm³/mol. The number of piperidine rings is 1. The van der Waals surface area contributed by atoms with Crippen LogP contribution < -0.4 is 10.2 Å². The van der Waals surface area contributed by atoms with Crippen LogP contribution in [-0.4, -0.2) is 33.2 Å². The number of hydrogen-bond acceptors (Lipinski definition) is 4. The number of hydrogen-bond donors (Lipinski definition) is 1. The number of sulfone groups is 1. The van der Waals surface area contributed by atoms with E-state index in [0.717, 1.165) is 37.2 Å². The first kappa shape index (κ1) is 19.7. The lowest BCUT2D eigenvalue weighted by atomic mass is 10.1. The highest BCUT2D eigenvalue weighted by Crippen LogP contribution is 2.31. The fraction of sp³-hybridized carbons (Fsp3) is 0.350. The monoisotopic (exact) mass is 406 g/mol. The fourth-order valence-corrected chi connectivity index (χ4v) is 4.51. The van der Waals surface area contributed by atoms with Crippen LogP contribution in [0.15, 0.2) is 47.4 Å². The van der Waals surface area contributed by atoms with E-state index in [9.17, 15) is 13.2 Å². The van der Waals surface area contributed by atoms with Crippen molar-refractivity contribution in [1.82, 2.24) is 0 Å². The summed E-state index contributed by atoms with van der Waals surface area (Å²) in [5.74, 6) is -1.18. The van der Waals surface area contributed by atoms with Gasteiger partial charge in [-0.15, -0.1) is 0 Å². The van der Waals surface area contributed by atoms with E-state index in [4.69, 9.17) is 11.6 Å². The molecule has 5 nitrogen and oxygen atoms in total. The molecule has 0 aliphatic carbocycles. The van der Waals surface area contributed by atoms with Crippen LogP contribution in [0.25, 0.3) is 0 Å². The van der Waals surface area contributed by atoms with Gasteiger partial charge in [0.2, 0.25) is 5.91 Å². The first-order valence-corrected chi connectivity index (χ1v) is 11.0. The summed E-state index contributed by atoms with van der Waals surface area (Å²) in [6, 6.07) is 11.8. The average Bonchev–Trinajstić information content (AvgIpc) is 2.62. The van der Waals surface area contributed by atoms with Crippen molar-refractivity contribution in [3.8, 4) is 0 Å². The summed E-state index contributed by atoms with van der Waals surface area (Å²) in [5, 5.41) is 3.23. The maximum Gasteiger partial charge on any atom is 0.240 e. The van der Waals surface area contributed by atoms with E-state index >= 15 is 0 Å². The molecule has 2 aromatic rings. The first-order chi connectivity index (χ1) is 12.8. The highest BCUT2D eigenvalue weighted by molar-refractivity contribution is 7.92. The van der Waals surface area contributed by atoms with Crippen LogP contribution in [-0.2, 0) is 14.6 Å². The van der Waals surface area contributed by atoms with E-state index in [1.54, 1.807) is 24.3 Å². The summed E-state index contributed by atoms with van der Waals surface area (Å²) in [4.78, 5) is 14.8. The van der Waals surface area contributed by atoms with Gasteiger partial charge in [0.25, 0.3) is 0 Å². The third-order valence-electron chi connectivity index (χ3n) is 4.63. The van der Waals surface area contributed by atoms with E-state index in [-0.39, 0.29) is 4.90 Å². The second kappa shape index (κ2) is 8.31. The maximum atomic E-state index is 12.5. The highest BCUT2D eigenvalue weighted by Gasteiger charge is 2.21. The van der Waals surface area contributed by atoms with Gasteiger partial charge in [-0.25, -0.2) is 8.42 Å². The van der Waals surface area contributed by atoms with Crippen LogP contribution in [0.1, 0.15) is 24.8 Å². The molecule has 3 rings (SSSR count). The van der Waals surface area contributed by atoms with Crippen molar-refractivity contribution in [2.45, 2.75) is 31.1 Å². The Hall–Kier alpha value is -2.05. The van der Waals surface area contributed by atoms with Crippen LogP contribution in [0.2, 0.25) is 5.02 Å². The number of aryl methyl sites for hydroxylation is 1. The summed E-state index contributed by atoms with van der Waals surface area (Å²) >= 11 is 6.09. The van der Waals surface area contributed by atoms with Crippen molar-refractivity contribution >= 4 is 38.7 Å². The Labute approximate surface area is 165 Å². The molecular weight excluding hydrogens is 384 g/mol. The highest BCUT2D eigenvalue weighted by atomic mass is 35.5. The van der Waals surface area contributed by atoms with Gasteiger partial charge in [-0.1, -0.05) is 29.3 Å². The molecule has 1 aliphatic heterocycles. The van der Waals surface area contributed by atoms with E-state index < -0.39 is 21.5 Å². The number of halogens is 1. The second-order valence-electron chi connectivity index (χ2n) is 6.83. The summed E-state index contributed by atoms with van der Waals surface area (Å²) in [6.07, 6.45) is 3.39. The Morgan fingerprint density at radius 3 is 2.41 bits per heavy atom. The van der Waals surface area contributed by atoms with Crippen molar-refractivity contribution in [2.75, 3.05) is 29.1 Å². The molecule has 1 N–H and O–H groups in total. The molecule has 0 atom stereocenters. The number of carbonyl (C=O) groups excluding carboxylic acids is 1. The standard InChI is InChI=1S/C20H23ClN2O3S/c1-15-5-8-17(9-6-15)27(25,26)14-20(24)22-18-13-16(21)7-10-19(18)23-11-3-2-4-12-23/h5-10,13H,2-4,11-12,14H2,1H3,(H,22,24). The smallest absolute Gasteiger partial charge is 0.240 e. The van der Waals surface area contributed by atoms with E-state index in [2.05, 4.69) is 10.2 Å². The van der Waals surface area contributed by atoms with Crippen LogP contribution in [0.5, 0.6) is 0 Å². The van der Waals surface area contributed by atoms with Gasteiger partial charge in [0.05, 0.1) is 16.3 Å².